The minimum atomic E-state index is -0.0365. The quantitative estimate of drug-likeness (QED) is 0.703. The number of aryl methyl sites for hydroxylation is 1. The van der Waals surface area contributed by atoms with Crippen molar-refractivity contribution in [1.82, 2.24) is 4.98 Å². The second kappa shape index (κ2) is 2.96. The number of rotatable bonds is 1. The van der Waals surface area contributed by atoms with Crippen molar-refractivity contribution in [3.63, 3.8) is 0 Å². The molecule has 10 heavy (non-hydrogen) atoms. The van der Waals surface area contributed by atoms with Gasteiger partial charge in [0.05, 0.1) is 4.47 Å². The molecule has 0 saturated carbocycles. The maximum absolute atomic E-state index is 11.5. The first-order valence-electron chi connectivity index (χ1n) is 2.65. The minimum Gasteiger partial charge on any atom is -0.272 e. The van der Waals surface area contributed by atoms with E-state index >= 15 is 0 Å². The van der Waals surface area contributed by atoms with E-state index < -0.39 is 0 Å². The van der Waals surface area contributed by atoms with Gasteiger partial charge in [-0.1, -0.05) is 0 Å². The van der Waals surface area contributed by atoms with Crippen LogP contribution in [0.4, 0.5) is 4.53 Å². The van der Waals surface area contributed by atoms with Gasteiger partial charge in [0.15, 0.2) is 0 Å². The van der Waals surface area contributed by atoms with Gasteiger partial charge in [-0.2, -0.15) is 0 Å². The van der Waals surface area contributed by atoms with Crippen molar-refractivity contribution in [2.24, 2.45) is 0 Å². The first kappa shape index (κ1) is 7.47. The van der Waals surface area contributed by atoms with Gasteiger partial charge in [0.25, 0.3) is 5.88 Å². The van der Waals surface area contributed by atoms with Crippen molar-refractivity contribution in [2.75, 3.05) is 0 Å². The minimum absolute atomic E-state index is 0.0365. The first-order valence-corrected chi connectivity index (χ1v) is 3.44. The maximum Gasteiger partial charge on any atom is 0.277 e. The third kappa shape index (κ3) is 1.44. The third-order valence-electron chi connectivity index (χ3n) is 1.02. The summed E-state index contributed by atoms with van der Waals surface area (Å²) in [4.78, 5) is 7.09. The fourth-order valence-corrected chi connectivity index (χ4v) is 1.10. The van der Waals surface area contributed by atoms with Crippen molar-refractivity contribution in [2.45, 2.75) is 6.92 Å². The van der Waals surface area contributed by atoms with Gasteiger partial charge < -0.3 is 0 Å². The largest absolute Gasteiger partial charge is 0.277 e. The molecular formula is C6H5BrFNO. The lowest BCUT2D eigenvalue weighted by molar-refractivity contribution is -0.0129. The van der Waals surface area contributed by atoms with Crippen LogP contribution in [0.5, 0.6) is 5.88 Å². The Morgan fingerprint density at radius 1 is 1.70 bits per heavy atom. The molecule has 0 aromatic carbocycles. The maximum atomic E-state index is 11.5. The van der Waals surface area contributed by atoms with E-state index in [1.165, 1.54) is 6.20 Å². The van der Waals surface area contributed by atoms with Crippen LogP contribution in [0.3, 0.4) is 0 Å². The van der Waals surface area contributed by atoms with E-state index in [1.807, 2.05) is 6.92 Å². The van der Waals surface area contributed by atoms with Gasteiger partial charge in [0.2, 0.25) is 0 Å². The number of hydrogen-bond acceptors (Lipinski definition) is 2. The lowest BCUT2D eigenvalue weighted by Crippen LogP contribution is -1.84. The van der Waals surface area contributed by atoms with E-state index in [2.05, 4.69) is 25.9 Å². The molecule has 0 aliphatic rings. The van der Waals surface area contributed by atoms with E-state index in [1.54, 1.807) is 6.07 Å². The smallest absolute Gasteiger partial charge is 0.272 e. The highest BCUT2D eigenvalue weighted by Gasteiger charge is 2.01. The van der Waals surface area contributed by atoms with Crippen LogP contribution in [0, 0.1) is 6.92 Å². The second-order valence-electron chi connectivity index (χ2n) is 1.88. The zero-order valence-electron chi connectivity index (χ0n) is 5.27. The SMILES string of the molecule is Cc1cnc(OF)c(Br)c1. The van der Waals surface area contributed by atoms with Crippen LogP contribution in [0.15, 0.2) is 16.7 Å². The number of pyridine rings is 1. The summed E-state index contributed by atoms with van der Waals surface area (Å²) in [6.45, 7) is 1.86. The highest BCUT2D eigenvalue weighted by molar-refractivity contribution is 9.10. The molecule has 0 fully saturated rings. The van der Waals surface area contributed by atoms with Gasteiger partial charge in [-0.25, -0.2) is 4.98 Å². The van der Waals surface area contributed by atoms with E-state index in [-0.39, 0.29) is 5.88 Å². The molecule has 1 rings (SSSR count). The first-order chi connectivity index (χ1) is 4.74. The van der Waals surface area contributed by atoms with E-state index in [0.717, 1.165) is 5.56 Å². The average molecular weight is 206 g/mol. The van der Waals surface area contributed by atoms with Gasteiger partial charge in [-0.05, 0) is 34.5 Å². The molecule has 0 amide bonds. The van der Waals surface area contributed by atoms with E-state index in [4.69, 9.17) is 0 Å². The van der Waals surface area contributed by atoms with Gasteiger partial charge in [-0.15, -0.1) is 0 Å². The summed E-state index contributed by atoms with van der Waals surface area (Å²) in [5.41, 5.74) is 0.952. The van der Waals surface area contributed by atoms with E-state index in [9.17, 15) is 4.53 Å². The van der Waals surface area contributed by atoms with Crippen molar-refractivity contribution < 1.29 is 9.47 Å². The third-order valence-corrected chi connectivity index (χ3v) is 1.59. The summed E-state index contributed by atoms with van der Waals surface area (Å²) in [7, 11) is 0. The van der Waals surface area contributed by atoms with Crippen LogP contribution in [0.25, 0.3) is 0 Å². The summed E-state index contributed by atoms with van der Waals surface area (Å²) in [5, 5.41) is 0. The molecule has 0 aliphatic heterocycles. The highest BCUT2D eigenvalue weighted by Crippen LogP contribution is 2.22. The Bertz CT molecular complexity index is 241. The van der Waals surface area contributed by atoms with Gasteiger partial charge in [0, 0.05) is 10.7 Å². The Kier molecular flexibility index (Phi) is 2.21. The summed E-state index contributed by atoms with van der Waals surface area (Å²) in [6.07, 6.45) is 1.53. The zero-order valence-corrected chi connectivity index (χ0v) is 6.85. The lowest BCUT2D eigenvalue weighted by Gasteiger charge is -1.96. The van der Waals surface area contributed by atoms with Gasteiger partial charge in [-0.3, -0.25) is 4.94 Å². The van der Waals surface area contributed by atoms with Crippen LogP contribution >= 0.6 is 15.9 Å². The molecule has 0 atom stereocenters. The van der Waals surface area contributed by atoms with Gasteiger partial charge in [0.1, 0.15) is 0 Å². The van der Waals surface area contributed by atoms with Crippen molar-refractivity contribution in [1.29, 1.82) is 0 Å². The highest BCUT2D eigenvalue weighted by atomic mass is 79.9. The van der Waals surface area contributed by atoms with Crippen LogP contribution in [0.1, 0.15) is 5.56 Å². The van der Waals surface area contributed by atoms with Crippen LogP contribution in [-0.4, -0.2) is 4.98 Å². The molecule has 4 heteroatoms. The number of nitrogens with zero attached hydrogens (tertiary/aromatic N) is 1. The number of hydrogen-bond donors (Lipinski definition) is 0. The van der Waals surface area contributed by atoms with Crippen molar-refractivity contribution >= 4 is 15.9 Å². The predicted octanol–water partition coefficient (Wildman–Crippen LogP) is 2.42. The monoisotopic (exact) mass is 205 g/mol. The Hall–Kier alpha value is -0.640. The average Bonchev–Trinajstić information content (AvgIpc) is 1.88. The zero-order chi connectivity index (χ0) is 7.56. The van der Waals surface area contributed by atoms with Crippen LogP contribution < -0.4 is 4.94 Å². The van der Waals surface area contributed by atoms with E-state index in [0.29, 0.717) is 4.47 Å². The van der Waals surface area contributed by atoms with Gasteiger partial charge >= 0.3 is 0 Å². The molecular weight excluding hydrogens is 201 g/mol. The Morgan fingerprint density at radius 3 is 2.90 bits per heavy atom. The fourth-order valence-electron chi connectivity index (χ4n) is 0.578. The molecule has 1 aromatic heterocycles. The molecule has 0 aliphatic carbocycles. The summed E-state index contributed by atoms with van der Waals surface area (Å²) in [6, 6.07) is 1.72. The lowest BCUT2D eigenvalue weighted by atomic mass is 10.3. The summed E-state index contributed by atoms with van der Waals surface area (Å²) < 4.78 is 12.0. The molecule has 1 aromatic rings. The van der Waals surface area contributed by atoms with Crippen molar-refractivity contribution in [3.05, 3.63) is 22.3 Å². The summed E-state index contributed by atoms with van der Waals surface area (Å²) >= 11 is 3.08. The van der Waals surface area contributed by atoms with Crippen LogP contribution in [0.2, 0.25) is 0 Å². The molecule has 0 spiro atoms. The number of aromatic nitrogens is 1. The molecule has 2 nitrogen and oxygen atoms in total. The Morgan fingerprint density at radius 2 is 2.40 bits per heavy atom. The molecule has 0 N–H and O–H groups in total. The number of halogens is 2. The predicted molar refractivity (Wildman–Crippen MR) is 38.4 cm³/mol. The molecule has 0 bridgehead atoms. The Balaban J connectivity index is 3.07. The molecule has 0 saturated heterocycles. The Labute approximate surface area is 66.1 Å². The normalized spacial score (nSPS) is 9.50. The van der Waals surface area contributed by atoms with Crippen LogP contribution in [-0.2, 0) is 0 Å². The molecule has 0 radical (unpaired) electrons. The standard InChI is InChI=1S/C6H5BrFNO/c1-4-2-5(7)6(10-8)9-3-4/h2-3H,1H3. The molecule has 0 unspecified atom stereocenters. The molecule has 1 heterocycles. The summed E-state index contributed by atoms with van der Waals surface area (Å²) in [5.74, 6) is -0.0365. The second-order valence-corrected chi connectivity index (χ2v) is 2.73. The van der Waals surface area contributed by atoms with Crippen molar-refractivity contribution in [3.8, 4) is 5.88 Å². The molecule has 54 valence electrons. The topological polar surface area (TPSA) is 22.1 Å². The fraction of sp³-hybridized carbons (Fsp3) is 0.167.